The van der Waals surface area contributed by atoms with Crippen LogP contribution in [0.2, 0.25) is 0 Å². The van der Waals surface area contributed by atoms with Crippen molar-refractivity contribution >= 4 is 17.8 Å². The third-order valence-electron chi connectivity index (χ3n) is 4.47. The highest BCUT2D eigenvalue weighted by molar-refractivity contribution is 5.93. The Balaban J connectivity index is 1.52. The van der Waals surface area contributed by atoms with Gasteiger partial charge in [-0.2, -0.15) is 0 Å². The SMILES string of the molecule is CC(C)NC(=O)c1cc(N2CCN(C/C=C/c3ccccc3)CC2)ncn1. The summed E-state index contributed by atoms with van der Waals surface area (Å²) in [6.45, 7) is 8.53. The molecule has 1 aromatic carbocycles. The molecular formula is C21H27N5O. The highest BCUT2D eigenvalue weighted by Gasteiger charge is 2.19. The van der Waals surface area contributed by atoms with E-state index in [2.05, 4.69) is 61.5 Å². The van der Waals surface area contributed by atoms with Crippen molar-refractivity contribution in [3.05, 3.63) is 60.1 Å². The largest absolute Gasteiger partial charge is 0.354 e. The molecule has 0 aliphatic carbocycles. The summed E-state index contributed by atoms with van der Waals surface area (Å²) in [4.78, 5) is 25.2. The maximum absolute atomic E-state index is 12.1. The van der Waals surface area contributed by atoms with Crippen molar-refractivity contribution in [3.63, 3.8) is 0 Å². The van der Waals surface area contributed by atoms with Gasteiger partial charge in [-0.25, -0.2) is 9.97 Å². The van der Waals surface area contributed by atoms with Crippen molar-refractivity contribution in [2.45, 2.75) is 19.9 Å². The van der Waals surface area contributed by atoms with Crippen LogP contribution >= 0.6 is 0 Å². The van der Waals surface area contributed by atoms with Crippen LogP contribution in [-0.4, -0.2) is 59.5 Å². The fourth-order valence-electron chi connectivity index (χ4n) is 3.04. The number of aromatic nitrogens is 2. The molecule has 27 heavy (non-hydrogen) atoms. The van der Waals surface area contributed by atoms with E-state index in [0.717, 1.165) is 38.5 Å². The number of rotatable bonds is 6. The van der Waals surface area contributed by atoms with Crippen molar-refractivity contribution < 1.29 is 4.79 Å². The molecule has 0 unspecified atom stereocenters. The second-order valence-electron chi connectivity index (χ2n) is 6.99. The molecule has 142 valence electrons. The predicted molar refractivity (Wildman–Crippen MR) is 109 cm³/mol. The van der Waals surface area contributed by atoms with Gasteiger partial charge in [0.2, 0.25) is 0 Å². The van der Waals surface area contributed by atoms with E-state index in [9.17, 15) is 4.79 Å². The van der Waals surface area contributed by atoms with Gasteiger partial charge in [0.1, 0.15) is 17.8 Å². The topological polar surface area (TPSA) is 61.4 Å². The van der Waals surface area contributed by atoms with Crippen LogP contribution in [0.3, 0.4) is 0 Å². The molecule has 6 nitrogen and oxygen atoms in total. The lowest BCUT2D eigenvalue weighted by atomic mass is 10.2. The Morgan fingerprint density at radius 3 is 2.59 bits per heavy atom. The summed E-state index contributed by atoms with van der Waals surface area (Å²) >= 11 is 0. The number of carbonyl (C=O) groups excluding carboxylic acids is 1. The van der Waals surface area contributed by atoms with E-state index in [1.807, 2.05) is 19.9 Å². The molecular weight excluding hydrogens is 338 g/mol. The molecule has 0 atom stereocenters. The molecule has 0 saturated carbocycles. The Morgan fingerprint density at radius 1 is 1.15 bits per heavy atom. The zero-order valence-electron chi connectivity index (χ0n) is 16.0. The summed E-state index contributed by atoms with van der Waals surface area (Å²) in [5, 5.41) is 2.87. The zero-order chi connectivity index (χ0) is 19.1. The van der Waals surface area contributed by atoms with Gasteiger partial charge in [-0.05, 0) is 19.4 Å². The molecule has 1 amide bonds. The van der Waals surface area contributed by atoms with Crippen LogP contribution in [0.25, 0.3) is 6.08 Å². The van der Waals surface area contributed by atoms with Gasteiger partial charge in [-0.15, -0.1) is 0 Å². The number of piperazine rings is 1. The summed E-state index contributed by atoms with van der Waals surface area (Å²) < 4.78 is 0. The number of carbonyl (C=O) groups is 1. The van der Waals surface area contributed by atoms with Gasteiger partial charge in [0.25, 0.3) is 5.91 Å². The van der Waals surface area contributed by atoms with E-state index in [4.69, 9.17) is 0 Å². The molecule has 2 heterocycles. The van der Waals surface area contributed by atoms with Crippen LogP contribution in [0.4, 0.5) is 5.82 Å². The number of benzene rings is 1. The van der Waals surface area contributed by atoms with Crippen molar-refractivity contribution in [2.24, 2.45) is 0 Å². The fraction of sp³-hybridized carbons (Fsp3) is 0.381. The first-order valence-corrected chi connectivity index (χ1v) is 9.43. The quantitative estimate of drug-likeness (QED) is 0.852. The molecule has 0 radical (unpaired) electrons. The lowest BCUT2D eigenvalue weighted by Crippen LogP contribution is -2.46. The fourth-order valence-corrected chi connectivity index (χ4v) is 3.04. The first kappa shape index (κ1) is 19.0. The summed E-state index contributed by atoms with van der Waals surface area (Å²) in [6.07, 6.45) is 5.85. The molecule has 6 heteroatoms. The Kier molecular flexibility index (Phi) is 6.54. The van der Waals surface area contributed by atoms with Crippen LogP contribution < -0.4 is 10.2 Å². The molecule has 0 spiro atoms. The normalized spacial score (nSPS) is 15.4. The predicted octanol–water partition coefficient (Wildman–Crippen LogP) is 2.45. The zero-order valence-corrected chi connectivity index (χ0v) is 16.0. The molecule has 1 aliphatic heterocycles. The average molecular weight is 365 g/mol. The smallest absolute Gasteiger partial charge is 0.270 e. The third-order valence-corrected chi connectivity index (χ3v) is 4.47. The van der Waals surface area contributed by atoms with Gasteiger partial charge in [0.05, 0.1) is 0 Å². The van der Waals surface area contributed by atoms with Crippen LogP contribution in [0.5, 0.6) is 0 Å². The van der Waals surface area contributed by atoms with E-state index >= 15 is 0 Å². The second-order valence-corrected chi connectivity index (χ2v) is 6.99. The molecule has 3 rings (SSSR count). The number of nitrogens with one attached hydrogen (secondary N) is 1. The summed E-state index contributed by atoms with van der Waals surface area (Å²) in [6, 6.07) is 12.2. The number of amides is 1. The number of nitrogens with zero attached hydrogens (tertiary/aromatic N) is 4. The van der Waals surface area contributed by atoms with Gasteiger partial charge < -0.3 is 10.2 Å². The summed E-state index contributed by atoms with van der Waals surface area (Å²) in [5.74, 6) is 0.664. The van der Waals surface area contributed by atoms with Crippen molar-refractivity contribution in [3.8, 4) is 0 Å². The van der Waals surface area contributed by atoms with E-state index in [-0.39, 0.29) is 11.9 Å². The molecule has 1 aliphatic rings. The van der Waals surface area contributed by atoms with Crippen molar-refractivity contribution in [1.82, 2.24) is 20.2 Å². The minimum Gasteiger partial charge on any atom is -0.354 e. The maximum atomic E-state index is 12.1. The monoisotopic (exact) mass is 365 g/mol. The molecule has 1 N–H and O–H groups in total. The number of hydrogen-bond acceptors (Lipinski definition) is 5. The highest BCUT2D eigenvalue weighted by Crippen LogP contribution is 2.14. The Bertz CT molecular complexity index is 767. The molecule has 1 aromatic heterocycles. The average Bonchev–Trinajstić information content (AvgIpc) is 2.69. The first-order valence-electron chi connectivity index (χ1n) is 9.43. The minimum absolute atomic E-state index is 0.0865. The summed E-state index contributed by atoms with van der Waals surface area (Å²) in [7, 11) is 0. The highest BCUT2D eigenvalue weighted by atomic mass is 16.1. The molecule has 1 saturated heterocycles. The Morgan fingerprint density at radius 2 is 1.89 bits per heavy atom. The first-order chi connectivity index (χ1) is 13.1. The van der Waals surface area contributed by atoms with Crippen LogP contribution in [0.15, 0.2) is 48.8 Å². The minimum atomic E-state index is -0.154. The molecule has 1 fully saturated rings. The number of hydrogen-bond donors (Lipinski definition) is 1. The van der Waals surface area contributed by atoms with Crippen LogP contribution in [-0.2, 0) is 0 Å². The molecule has 0 bridgehead atoms. The third kappa shape index (κ3) is 5.62. The van der Waals surface area contributed by atoms with Gasteiger partial charge >= 0.3 is 0 Å². The van der Waals surface area contributed by atoms with E-state index < -0.39 is 0 Å². The Labute approximate surface area is 160 Å². The number of anilines is 1. The van der Waals surface area contributed by atoms with Crippen LogP contribution in [0, 0.1) is 0 Å². The van der Waals surface area contributed by atoms with E-state index in [1.54, 1.807) is 6.07 Å². The van der Waals surface area contributed by atoms with E-state index in [0.29, 0.717) is 5.69 Å². The van der Waals surface area contributed by atoms with Gasteiger partial charge in [0, 0.05) is 44.8 Å². The van der Waals surface area contributed by atoms with Gasteiger partial charge in [0.15, 0.2) is 0 Å². The lowest BCUT2D eigenvalue weighted by Gasteiger charge is -2.34. The second kappa shape index (κ2) is 9.28. The molecule has 2 aromatic rings. The Hall–Kier alpha value is -2.73. The van der Waals surface area contributed by atoms with Crippen molar-refractivity contribution in [2.75, 3.05) is 37.6 Å². The lowest BCUT2D eigenvalue weighted by molar-refractivity contribution is 0.0938. The van der Waals surface area contributed by atoms with Gasteiger partial charge in [-0.3, -0.25) is 9.69 Å². The standard InChI is InChI=1S/C21H27N5O/c1-17(2)24-21(27)19-15-20(23-16-22-19)26-13-11-25(12-14-26)10-6-9-18-7-4-3-5-8-18/h3-9,15-17H,10-14H2,1-2H3,(H,24,27)/b9-6+. The van der Waals surface area contributed by atoms with Gasteiger partial charge in [-0.1, -0.05) is 42.5 Å². The van der Waals surface area contributed by atoms with Crippen molar-refractivity contribution in [1.29, 1.82) is 0 Å². The maximum Gasteiger partial charge on any atom is 0.270 e. The summed E-state index contributed by atoms with van der Waals surface area (Å²) in [5.41, 5.74) is 1.64. The van der Waals surface area contributed by atoms with Crippen LogP contribution in [0.1, 0.15) is 29.9 Å². The van der Waals surface area contributed by atoms with E-state index in [1.165, 1.54) is 11.9 Å².